The van der Waals surface area contributed by atoms with E-state index in [1.54, 1.807) is 36.1 Å². The zero-order valence-electron chi connectivity index (χ0n) is 10.8. The number of hydrogen-bond donors (Lipinski definition) is 2. The van der Waals surface area contributed by atoms with Gasteiger partial charge in [-0.3, -0.25) is 4.68 Å². The number of nitrogens with two attached hydrogens (primary N) is 1. The van der Waals surface area contributed by atoms with E-state index in [4.69, 9.17) is 18.0 Å². The Morgan fingerprint density at radius 3 is 2.50 bits per heavy atom. The first-order valence-electron chi connectivity index (χ1n) is 5.76. The van der Waals surface area contributed by atoms with Crippen molar-refractivity contribution in [2.75, 3.05) is 0 Å². The van der Waals surface area contributed by atoms with Gasteiger partial charge in [0.2, 0.25) is 10.0 Å². The van der Waals surface area contributed by atoms with Crippen LogP contribution in [0.15, 0.2) is 41.4 Å². The highest BCUT2D eigenvalue weighted by Gasteiger charge is 2.14. The number of thiocarbonyl (C=S) groups is 1. The molecule has 0 aliphatic rings. The van der Waals surface area contributed by atoms with Crippen molar-refractivity contribution in [1.29, 1.82) is 0 Å². The van der Waals surface area contributed by atoms with Crippen LogP contribution in [0.2, 0.25) is 0 Å². The topological polar surface area (TPSA) is 90.0 Å². The van der Waals surface area contributed by atoms with Gasteiger partial charge in [0.25, 0.3) is 0 Å². The molecule has 0 saturated heterocycles. The van der Waals surface area contributed by atoms with Gasteiger partial charge in [0.1, 0.15) is 4.99 Å². The van der Waals surface area contributed by atoms with E-state index in [0.29, 0.717) is 11.3 Å². The van der Waals surface area contributed by atoms with Crippen molar-refractivity contribution in [1.82, 2.24) is 14.5 Å². The molecule has 3 N–H and O–H groups in total. The molecular formula is C12H14N4O2S2. The molecular weight excluding hydrogens is 296 g/mol. The van der Waals surface area contributed by atoms with Crippen LogP contribution in [0.25, 0.3) is 0 Å². The quantitative estimate of drug-likeness (QED) is 0.786. The highest BCUT2D eigenvalue weighted by molar-refractivity contribution is 7.89. The van der Waals surface area contributed by atoms with Gasteiger partial charge in [0.15, 0.2) is 0 Å². The summed E-state index contributed by atoms with van der Waals surface area (Å²) in [6, 6.07) is 7.85. The van der Waals surface area contributed by atoms with Gasteiger partial charge in [0.05, 0.1) is 17.1 Å². The van der Waals surface area contributed by atoms with E-state index in [0.717, 1.165) is 0 Å². The minimum atomic E-state index is -3.58. The zero-order valence-corrected chi connectivity index (χ0v) is 12.4. The molecule has 8 heteroatoms. The smallest absolute Gasteiger partial charge is 0.240 e. The second-order valence-electron chi connectivity index (χ2n) is 4.19. The maximum atomic E-state index is 12.1. The SMILES string of the molecule is Cn1ccc(CNS(=O)(=O)c2ccc(C(N)=S)cc2)n1. The lowest BCUT2D eigenvalue weighted by Gasteiger charge is -2.06. The van der Waals surface area contributed by atoms with Crippen LogP contribution in [0.4, 0.5) is 0 Å². The molecule has 0 spiro atoms. The van der Waals surface area contributed by atoms with E-state index < -0.39 is 10.0 Å². The summed E-state index contributed by atoms with van der Waals surface area (Å²) in [6.45, 7) is 0.139. The molecule has 0 radical (unpaired) electrons. The molecule has 0 bridgehead atoms. The molecule has 2 aromatic rings. The lowest BCUT2D eigenvalue weighted by atomic mass is 10.2. The summed E-state index contributed by atoms with van der Waals surface area (Å²) in [5.74, 6) is 0. The monoisotopic (exact) mass is 310 g/mol. The molecule has 1 aromatic carbocycles. The van der Waals surface area contributed by atoms with Crippen molar-refractivity contribution >= 4 is 27.2 Å². The second kappa shape index (κ2) is 5.70. The summed E-state index contributed by atoms with van der Waals surface area (Å²) in [7, 11) is -1.80. The normalized spacial score (nSPS) is 11.4. The van der Waals surface area contributed by atoms with Gasteiger partial charge < -0.3 is 5.73 Å². The number of hydrogen-bond acceptors (Lipinski definition) is 4. The molecule has 0 aliphatic heterocycles. The molecule has 0 aliphatic carbocycles. The molecule has 0 unspecified atom stereocenters. The minimum Gasteiger partial charge on any atom is -0.389 e. The largest absolute Gasteiger partial charge is 0.389 e. The number of benzene rings is 1. The maximum Gasteiger partial charge on any atom is 0.240 e. The first kappa shape index (κ1) is 14.6. The number of rotatable bonds is 5. The molecule has 1 aromatic heterocycles. The van der Waals surface area contributed by atoms with Crippen LogP contribution in [-0.2, 0) is 23.6 Å². The Kier molecular flexibility index (Phi) is 4.17. The molecule has 0 fully saturated rings. The number of aromatic nitrogens is 2. The molecule has 2 rings (SSSR count). The Hall–Kier alpha value is -1.77. The third kappa shape index (κ3) is 3.41. The van der Waals surface area contributed by atoms with Gasteiger partial charge in [-0.15, -0.1) is 0 Å². The minimum absolute atomic E-state index is 0.139. The fraction of sp³-hybridized carbons (Fsp3) is 0.167. The average molecular weight is 310 g/mol. The first-order chi connectivity index (χ1) is 9.38. The fourth-order valence-corrected chi connectivity index (χ4v) is 2.74. The predicted octanol–water partition coefficient (Wildman–Crippen LogP) is 0.533. The Labute approximate surface area is 122 Å². The third-order valence-corrected chi connectivity index (χ3v) is 4.31. The van der Waals surface area contributed by atoms with Crippen molar-refractivity contribution in [3.63, 3.8) is 0 Å². The van der Waals surface area contributed by atoms with Gasteiger partial charge in [-0.05, 0) is 18.2 Å². The predicted molar refractivity (Wildman–Crippen MR) is 79.6 cm³/mol. The zero-order chi connectivity index (χ0) is 14.8. The number of aryl methyl sites for hydroxylation is 1. The van der Waals surface area contributed by atoms with E-state index in [-0.39, 0.29) is 16.4 Å². The van der Waals surface area contributed by atoms with Crippen molar-refractivity contribution < 1.29 is 8.42 Å². The van der Waals surface area contributed by atoms with Crippen LogP contribution in [0.1, 0.15) is 11.3 Å². The fourth-order valence-electron chi connectivity index (χ4n) is 1.61. The van der Waals surface area contributed by atoms with Crippen LogP contribution < -0.4 is 10.5 Å². The number of sulfonamides is 1. The molecule has 20 heavy (non-hydrogen) atoms. The Morgan fingerprint density at radius 1 is 1.35 bits per heavy atom. The van der Waals surface area contributed by atoms with Crippen LogP contribution in [-0.4, -0.2) is 23.2 Å². The lowest BCUT2D eigenvalue weighted by Crippen LogP contribution is -2.23. The maximum absolute atomic E-state index is 12.1. The van der Waals surface area contributed by atoms with Gasteiger partial charge in [0, 0.05) is 18.8 Å². The summed E-state index contributed by atoms with van der Waals surface area (Å²) in [5, 5.41) is 4.10. The summed E-state index contributed by atoms with van der Waals surface area (Å²) in [4.78, 5) is 0.392. The summed E-state index contributed by atoms with van der Waals surface area (Å²) < 4.78 is 28.3. The van der Waals surface area contributed by atoms with Crippen LogP contribution in [0.3, 0.4) is 0 Å². The van der Waals surface area contributed by atoms with E-state index in [9.17, 15) is 8.42 Å². The first-order valence-corrected chi connectivity index (χ1v) is 7.66. The van der Waals surface area contributed by atoms with Gasteiger partial charge >= 0.3 is 0 Å². The summed E-state index contributed by atoms with van der Waals surface area (Å²) >= 11 is 4.82. The van der Waals surface area contributed by atoms with E-state index in [1.807, 2.05) is 0 Å². The Morgan fingerprint density at radius 2 is 2.00 bits per heavy atom. The third-order valence-electron chi connectivity index (χ3n) is 2.66. The van der Waals surface area contributed by atoms with Crippen LogP contribution >= 0.6 is 12.2 Å². The number of nitrogens with zero attached hydrogens (tertiary/aromatic N) is 2. The molecule has 0 saturated carbocycles. The summed E-state index contributed by atoms with van der Waals surface area (Å²) in [6.07, 6.45) is 1.75. The molecule has 6 nitrogen and oxygen atoms in total. The van der Waals surface area contributed by atoms with Gasteiger partial charge in [-0.1, -0.05) is 24.4 Å². The number of nitrogens with one attached hydrogen (secondary N) is 1. The second-order valence-corrected chi connectivity index (χ2v) is 6.40. The molecule has 0 atom stereocenters. The van der Waals surface area contributed by atoms with Crippen LogP contribution in [0, 0.1) is 0 Å². The molecule has 106 valence electrons. The Bertz CT molecular complexity index is 720. The average Bonchev–Trinajstić information content (AvgIpc) is 2.82. The highest BCUT2D eigenvalue weighted by atomic mass is 32.2. The van der Waals surface area contributed by atoms with E-state index >= 15 is 0 Å². The van der Waals surface area contributed by atoms with Crippen molar-refractivity contribution in [2.45, 2.75) is 11.4 Å². The highest BCUT2D eigenvalue weighted by Crippen LogP contribution is 2.11. The van der Waals surface area contributed by atoms with Gasteiger partial charge in [-0.2, -0.15) is 5.10 Å². The molecule has 0 amide bonds. The van der Waals surface area contributed by atoms with Crippen molar-refractivity contribution in [3.05, 3.63) is 47.8 Å². The van der Waals surface area contributed by atoms with E-state index in [2.05, 4.69) is 9.82 Å². The van der Waals surface area contributed by atoms with Gasteiger partial charge in [-0.25, -0.2) is 13.1 Å². The molecule has 1 heterocycles. The summed E-state index contributed by atoms with van der Waals surface area (Å²) in [5.41, 5.74) is 6.74. The van der Waals surface area contributed by atoms with Crippen LogP contribution in [0.5, 0.6) is 0 Å². The van der Waals surface area contributed by atoms with E-state index in [1.165, 1.54) is 12.1 Å². The lowest BCUT2D eigenvalue weighted by molar-refractivity contribution is 0.579. The Balaban J connectivity index is 2.11. The van der Waals surface area contributed by atoms with Crippen molar-refractivity contribution in [3.8, 4) is 0 Å². The standard InChI is InChI=1S/C12H14N4O2S2/c1-16-7-6-10(15-16)8-14-20(17,18)11-4-2-9(3-5-11)12(13)19/h2-7,14H,8H2,1H3,(H2,13,19). The van der Waals surface area contributed by atoms with Crippen molar-refractivity contribution in [2.24, 2.45) is 12.8 Å².